The molecule has 0 radical (unpaired) electrons. The minimum Gasteiger partial charge on any atom is -0.450 e. The van der Waals surface area contributed by atoms with Gasteiger partial charge in [0.05, 0.1) is 24.1 Å². The summed E-state index contributed by atoms with van der Waals surface area (Å²) < 4.78 is 6.69. The van der Waals surface area contributed by atoms with Crippen LogP contribution in [0.2, 0.25) is 0 Å². The maximum Gasteiger partial charge on any atom is 0.409 e. The van der Waals surface area contributed by atoms with Crippen molar-refractivity contribution in [2.24, 2.45) is 7.05 Å². The Hall–Kier alpha value is -2.90. The minimum atomic E-state index is -0.322. The average Bonchev–Trinajstić information content (AvgIpc) is 3.08. The summed E-state index contributed by atoms with van der Waals surface area (Å²) in [4.78, 5) is 32.0. The summed E-state index contributed by atoms with van der Waals surface area (Å²) >= 11 is 0. The van der Waals surface area contributed by atoms with Crippen LogP contribution in [0.5, 0.6) is 0 Å². The van der Waals surface area contributed by atoms with E-state index in [4.69, 9.17) is 4.74 Å². The number of aromatic nitrogens is 3. The van der Waals surface area contributed by atoms with Gasteiger partial charge in [-0.3, -0.25) is 14.5 Å². The molecule has 0 aliphatic carbocycles. The maximum absolute atomic E-state index is 12.6. The zero-order chi connectivity index (χ0) is 17.8. The molecular weight excluding hydrogens is 322 g/mol. The topological polar surface area (TPSA) is 80.6 Å². The standard InChI is InChI=1S/C17H21N5O3/c1-3-25-17(24)22-8-6-21(7-9-22)16(23)13-4-5-15(18-10-13)14-11-19-20(2)12-14/h4-5,10-12H,3,6-9H2,1-2H3. The highest BCUT2D eigenvalue weighted by atomic mass is 16.6. The second-order valence-corrected chi connectivity index (χ2v) is 5.81. The van der Waals surface area contributed by atoms with Crippen molar-refractivity contribution in [2.45, 2.75) is 6.92 Å². The average molecular weight is 343 g/mol. The van der Waals surface area contributed by atoms with Crippen molar-refractivity contribution >= 4 is 12.0 Å². The molecular formula is C17H21N5O3. The molecule has 2 aromatic heterocycles. The highest BCUT2D eigenvalue weighted by Gasteiger charge is 2.25. The van der Waals surface area contributed by atoms with Crippen molar-refractivity contribution in [3.05, 3.63) is 36.3 Å². The van der Waals surface area contributed by atoms with E-state index in [-0.39, 0.29) is 12.0 Å². The predicted octanol–water partition coefficient (Wildman–Crippen LogP) is 1.40. The lowest BCUT2D eigenvalue weighted by Crippen LogP contribution is -2.50. The van der Waals surface area contributed by atoms with Crippen molar-refractivity contribution < 1.29 is 14.3 Å². The summed E-state index contributed by atoms with van der Waals surface area (Å²) in [5, 5.41) is 4.12. The molecule has 0 unspecified atom stereocenters. The Morgan fingerprint density at radius 1 is 1.12 bits per heavy atom. The van der Waals surface area contributed by atoms with Crippen LogP contribution in [0.4, 0.5) is 4.79 Å². The van der Waals surface area contributed by atoms with Crippen molar-refractivity contribution in [3.63, 3.8) is 0 Å². The fourth-order valence-corrected chi connectivity index (χ4v) is 2.73. The van der Waals surface area contributed by atoms with E-state index in [1.807, 2.05) is 19.3 Å². The fourth-order valence-electron chi connectivity index (χ4n) is 2.73. The van der Waals surface area contributed by atoms with Gasteiger partial charge < -0.3 is 14.5 Å². The first-order valence-corrected chi connectivity index (χ1v) is 8.24. The molecule has 25 heavy (non-hydrogen) atoms. The molecule has 0 bridgehead atoms. The summed E-state index contributed by atoms with van der Waals surface area (Å²) in [7, 11) is 1.84. The summed E-state index contributed by atoms with van der Waals surface area (Å²) in [5.41, 5.74) is 2.22. The van der Waals surface area contributed by atoms with Gasteiger partial charge in [0.2, 0.25) is 0 Å². The monoisotopic (exact) mass is 343 g/mol. The van der Waals surface area contributed by atoms with Crippen LogP contribution in [0.3, 0.4) is 0 Å². The highest BCUT2D eigenvalue weighted by Crippen LogP contribution is 2.17. The molecule has 3 heterocycles. The molecule has 1 fully saturated rings. The quantitative estimate of drug-likeness (QED) is 0.841. The molecule has 2 amide bonds. The van der Waals surface area contributed by atoms with Crippen LogP contribution in [0.25, 0.3) is 11.3 Å². The van der Waals surface area contributed by atoms with Crippen LogP contribution in [0.1, 0.15) is 17.3 Å². The number of rotatable bonds is 3. The van der Waals surface area contributed by atoms with Crippen LogP contribution in [-0.4, -0.2) is 69.4 Å². The molecule has 0 spiro atoms. The summed E-state index contributed by atoms with van der Waals surface area (Å²) in [5.74, 6) is -0.0752. The van der Waals surface area contributed by atoms with E-state index < -0.39 is 0 Å². The summed E-state index contributed by atoms with van der Waals surface area (Å²) in [6.07, 6.45) is 4.87. The normalized spacial score (nSPS) is 14.5. The van der Waals surface area contributed by atoms with E-state index in [0.717, 1.165) is 11.3 Å². The number of carbonyl (C=O) groups excluding carboxylic acids is 2. The third-order valence-electron chi connectivity index (χ3n) is 4.10. The van der Waals surface area contributed by atoms with Crippen molar-refractivity contribution in [2.75, 3.05) is 32.8 Å². The van der Waals surface area contributed by atoms with Crippen molar-refractivity contribution in [1.82, 2.24) is 24.6 Å². The molecule has 8 heteroatoms. The number of hydrogen-bond acceptors (Lipinski definition) is 5. The van der Waals surface area contributed by atoms with Gasteiger partial charge in [0.15, 0.2) is 0 Å². The van der Waals surface area contributed by atoms with Crippen LogP contribution < -0.4 is 0 Å². The zero-order valence-electron chi connectivity index (χ0n) is 14.4. The molecule has 1 aliphatic heterocycles. The van der Waals surface area contributed by atoms with Gasteiger partial charge in [-0.25, -0.2) is 4.79 Å². The first-order chi connectivity index (χ1) is 12.1. The number of pyridine rings is 1. The van der Waals surface area contributed by atoms with Gasteiger partial charge in [0, 0.05) is 51.2 Å². The van der Waals surface area contributed by atoms with Crippen LogP contribution >= 0.6 is 0 Å². The number of piperazine rings is 1. The Labute approximate surface area is 146 Å². The Balaban J connectivity index is 1.61. The van der Waals surface area contributed by atoms with Gasteiger partial charge >= 0.3 is 6.09 Å². The zero-order valence-corrected chi connectivity index (χ0v) is 14.4. The summed E-state index contributed by atoms with van der Waals surface area (Å²) in [6.45, 7) is 4.06. The van der Waals surface area contributed by atoms with Gasteiger partial charge in [-0.2, -0.15) is 5.10 Å². The van der Waals surface area contributed by atoms with Crippen molar-refractivity contribution in [3.8, 4) is 11.3 Å². The summed E-state index contributed by atoms with van der Waals surface area (Å²) in [6, 6.07) is 3.59. The van der Waals surface area contributed by atoms with E-state index in [1.165, 1.54) is 0 Å². The highest BCUT2D eigenvalue weighted by molar-refractivity contribution is 5.94. The van der Waals surface area contributed by atoms with E-state index in [9.17, 15) is 9.59 Å². The van der Waals surface area contributed by atoms with E-state index in [0.29, 0.717) is 38.3 Å². The number of carbonyl (C=O) groups is 2. The lowest BCUT2D eigenvalue weighted by Gasteiger charge is -2.34. The van der Waals surface area contributed by atoms with Crippen LogP contribution in [-0.2, 0) is 11.8 Å². The Kier molecular flexibility index (Phi) is 4.97. The van der Waals surface area contributed by atoms with Crippen LogP contribution in [0.15, 0.2) is 30.7 Å². The predicted molar refractivity (Wildman–Crippen MR) is 90.9 cm³/mol. The number of hydrogen-bond donors (Lipinski definition) is 0. The Bertz CT molecular complexity index is 748. The SMILES string of the molecule is CCOC(=O)N1CCN(C(=O)c2ccc(-c3cnn(C)c3)nc2)CC1. The molecule has 0 saturated carbocycles. The van der Waals surface area contributed by atoms with Gasteiger partial charge in [-0.05, 0) is 19.1 Å². The number of amides is 2. The second kappa shape index (κ2) is 7.33. The Morgan fingerprint density at radius 3 is 2.40 bits per heavy atom. The third-order valence-corrected chi connectivity index (χ3v) is 4.10. The van der Waals surface area contributed by atoms with Gasteiger partial charge in [-0.1, -0.05) is 0 Å². The maximum atomic E-state index is 12.6. The molecule has 8 nitrogen and oxygen atoms in total. The molecule has 0 aromatic carbocycles. The molecule has 1 saturated heterocycles. The first-order valence-electron chi connectivity index (χ1n) is 8.24. The number of aryl methyl sites for hydroxylation is 1. The van der Waals surface area contributed by atoms with E-state index >= 15 is 0 Å². The van der Waals surface area contributed by atoms with E-state index in [2.05, 4.69) is 10.1 Å². The van der Waals surface area contributed by atoms with E-state index in [1.54, 1.807) is 39.9 Å². The molecule has 2 aromatic rings. The minimum absolute atomic E-state index is 0.0752. The lowest BCUT2D eigenvalue weighted by molar-refractivity contribution is 0.0570. The molecule has 3 rings (SSSR count). The van der Waals surface area contributed by atoms with Gasteiger partial charge in [0.25, 0.3) is 5.91 Å². The lowest BCUT2D eigenvalue weighted by atomic mass is 10.1. The van der Waals surface area contributed by atoms with Crippen LogP contribution in [0, 0.1) is 0 Å². The number of nitrogens with zero attached hydrogens (tertiary/aromatic N) is 5. The molecule has 132 valence electrons. The largest absolute Gasteiger partial charge is 0.450 e. The fraction of sp³-hybridized carbons (Fsp3) is 0.412. The molecule has 0 atom stereocenters. The van der Waals surface area contributed by atoms with Gasteiger partial charge in [0.1, 0.15) is 0 Å². The second-order valence-electron chi connectivity index (χ2n) is 5.81. The molecule has 0 N–H and O–H groups in total. The van der Waals surface area contributed by atoms with Gasteiger partial charge in [-0.15, -0.1) is 0 Å². The first kappa shape index (κ1) is 16.9. The molecule has 1 aliphatic rings. The number of ether oxygens (including phenoxy) is 1. The van der Waals surface area contributed by atoms with Crippen molar-refractivity contribution in [1.29, 1.82) is 0 Å². The Morgan fingerprint density at radius 2 is 1.84 bits per heavy atom. The third kappa shape index (κ3) is 3.78. The smallest absolute Gasteiger partial charge is 0.409 e.